The lowest BCUT2D eigenvalue weighted by Gasteiger charge is -2.09. The number of hydrogen-bond acceptors (Lipinski definition) is 5. The molecule has 0 fully saturated rings. The molecule has 0 aromatic carbocycles. The van der Waals surface area contributed by atoms with E-state index in [-0.39, 0.29) is 5.91 Å². The van der Waals surface area contributed by atoms with Gasteiger partial charge in [0.15, 0.2) is 0 Å². The molecular formula is C14H30N2O5S. The van der Waals surface area contributed by atoms with Crippen LogP contribution in [0, 0.1) is 0 Å². The van der Waals surface area contributed by atoms with E-state index in [4.69, 9.17) is 9.76 Å². The van der Waals surface area contributed by atoms with E-state index in [0.29, 0.717) is 32.4 Å². The SMILES string of the molecule is CC(CCCCCCCC(=O)NCCCN(C)O)S(=O)(=O)O. The first-order valence-corrected chi connectivity index (χ1v) is 9.37. The van der Waals surface area contributed by atoms with Gasteiger partial charge in [-0.1, -0.05) is 25.7 Å². The average molecular weight is 338 g/mol. The van der Waals surface area contributed by atoms with E-state index in [9.17, 15) is 13.2 Å². The fourth-order valence-corrected chi connectivity index (χ4v) is 2.49. The van der Waals surface area contributed by atoms with Crippen molar-refractivity contribution in [3.05, 3.63) is 0 Å². The average Bonchev–Trinajstić information content (AvgIpc) is 2.41. The minimum Gasteiger partial charge on any atom is -0.356 e. The summed E-state index contributed by atoms with van der Waals surface area (Å²) in [6, 6.07) is 0. The third-order valence-electron chi connectivity index (χ3n) is 3.50. The number of hydrogen-bond donors (Lipinski definition) is 3. The number of amides is 1. The van der Waals surface area contributed by atoms with Crippen molar-refractivity contribution in [1.29, 1.82) is 0 Å². The van der Waals surface area contributed by atoms with Gasteiger partial charge in [0.2, 0.25) is 5.91 Å². The van der Waals surface area contributed by atoms with Crippen LogP contribution in [0.4, 0.5) is 0 Å². The molecule has 0 radical (unpaired) electrons. The molecule has 0 aliphatic heterocycles. The molecule has 0 aliphatic carbocycles. The van der Waals surface area contributed by atoms with Gasteiger partial charge < -0.3 is 10.5 Å². The molecule has 8 heteroatoms. The molecule has 0 aromatic rings. The predicted molar refractivity (Wildman–Crippen MR) is 85.4 cm³/mol. The smallest absolute Gasteiger partial charge is 0.267 e. The molecule has 1 amide bonds. The Labute approximate surface area is 133 Å². The van der Waals surface area contributed by atoms with Gasteiger partial charge in [0.25, 0.3) is 10.1 Å². The van der Waals surface area contributed by atoms with Gasteiger partial charge in [-0.25, -0.2) is 0 Å². The van der Waals surface area contributed by atoms with Crippen LogP contribution in [0.3, 0.4) is 0 Å². The Morgan fingerprint density at radius 1 is 1.14 bits per heavy atom. The highest BCUT2D eigenvalue weighted by molar-refractivity contribution is 7.86. The van der Waals surface area contributed by atoms with E-state index < -0.39 is 15.4 Å². The van der Waals surface area contributed by atoms with Crippen molar-refractivity contribution in [3.63, 3.8) is 0 Å². The van der Waals surface area contributed by atoms with Crippen molar-refractivity contribution in [2.24, 2.45) is 0 Å². The highest BCUT2D eigenvalue weighted by Gasteiger charge is 2.15. The Bertz CT molecular complexity index is 398. The van der Waals surface area contributed by atoms with E-state index >= 15 is 0 Å². The quantitative estimate of drug-likeness (QED) is 0.269. The van der Waals surface area contributed by atoms with Gasteiger partial charge in [0.1, 0.15) is 0 Å². The molecule has 0 saturated carbocycles. The maximum atomic E-state index is 11.5. The van der Waals surface area contributed by atoms with Crippen LogP contribution in [-0.2, 0) is 14.9 Å². The molecule has 0 rings (SSSR count). The van der Waals surface area contributed by atoms with Crippen molar-refractivity contribution in [2.75, 3.05) is 20.1 Å². The first-order chi connectivity index (χ1) is 10.2. The van der Waals surface area contributed by atoms with Crippen LogP contribution < -0.4 is 5.32 Å². The maximum Gasteiger partial charge on any atom is 0.267 e. The van der Waals surface area contributed by atoms with Gasteiger partial charge in [-0.2, -0.15) is 13.5 Å². The summed E-state index contributed by atoms with van der Waals surface area (Å²) in [6.45, 7) is 2.60. The third-order valence-corrected chi connectivity index (χ3v) is 4.76. The van der Waals surface area contributed by atoms with Gasteiger partial charge in [0, 0.05) is 26.6 Å². The monoisotopic (exact) mass is 338 g/mol. The number of nitrogens with one attached hydrogen (secondary N) is 1. The first-order valence-electron chi connectivity index (χ1n) is 7.86. The Morgan fingerprint density at radius 2 is 1.73 bits per heavy atom. The molecule has 3 N–H and O–H groups in total. The highest BCUT2D eigenvalue weighted by Crippen LogP contribution is 2.12. The molecule has 1 atom stereocenters. The minimum atomic E-state index is -3.90. The lowest BCUT2D eigenvalue weighted by molar-refractivity contribution is -0.121. The number of nitrogens with zero attached hydrogens (tertiary/aromatic N) is 1. The Balaban J connectivity index is 3.41. The van der Waals surface area contributed by atoms with Crippen LogP contribution in [0.1, 0.15) is 58.3 Å². The second-order valence-corrected chi connectivity index (χ2v) is 7.55. The minimum absolute atomic E-state index is 0.0283. The molecule has 0 aliphatic rings. The third kappa shape index (κ3) is 13.0. The zero-order chi connectivity index (χ0) is 17.0. The molecule has 0 bridgehead atoms. The molecule has 0 spiro atoms. The van der Waals surface area contributed by atoms with Crippen molar-refractivity contribution in [2.45, 2.75) is 63.5 Å². The normalized spacial score (nSPS) is 13.3. The van der Waals surface area contributed by atoms with E-state index in [0.717, 1.165) is 37.2 Å². The van der Waals surface area contributed by atoms with E-state index in [2.05, 4.69) is 5.32 Å². The van der Waals surface area contributed by atoms with E-state index in [1.807, 2.05) is 0 Å². The summed E-state index contributed by atoms with van der Waals surface area (Å²) in [4.78, 5) is 11.5. The number of carbonyl (C=O) groups is 1. The van der Waals surface area contributed by atoms with Crippen LogP contribution in [-0.4, -0.2) is 54.5 Å². The lowest BCUT2D eigenvalue weighted by Crippen LogP contribution is -2.26. The fraction of sp³-hybridized carbons (Fsp3) is 0.929. The number of carbonyl (C=O) groups excluding carboxylic acids is 1. The van der Waals surface area contributed by atoms with Crippen LogP contribution in [0.2, 0.25) is 0 Å². The topological polar surface area (TPSA) is 107 Å². The summed E-state index contributed by atoms with van der Waals surface area (Å²) in [5.41, 5.74) is 0. The molecule has 1 unspecified atom stereocenters. The summed E-state index contributed by atoms with van der Waals surface area (Å²) < 4.78 is 30.4. The van der Waals surface area contributed by atoms with Crippen molar-refractivity contribution in [1.82, 2.24) is 10.4 Å². The maximum absolute atomic E-state index is 11.5. The van der Waals surface area contributed by atoms with Crippen LogP contribution in [0.5, 0.6) is 0 Å². The van der Waals surface area contributed by atoms with Crippen molar-refractivity contribution < 1.29 is 23.0 Å². The second-order valence-electron chi connectivity index (χ2n) is 5.72. The summed E-state index contributed by atoms with van der Waals surface area (Å²) in [7, 11) is -2.33. The first kappa shape index (κ1) is 21.3. The number of hydroxylamine groups is 2. The Morgan fingerprint density at radius 3 is 2.32 bits per heavy atom. The van der Waals surface area contributed by atoms with Gasteiger partial charge >= 0.3 is 0 Å². The van der Waals surface area contributed by atoms with Gasteiger partial charge in [-0.05, 0) is 26.2 Å². The molecule has 0 aromatic heterocycles. The van der Waals surface area contributed by atoms with Crippen molar-refractivity contribution in [3.8, 4) is 0 Å². The summed E-state index contributed by atoms with van der Waals surface area (Å²) in [6.07, 6.45) is 6.07. The van der Waals surface area contributed by atoms with Crippen LogP contribution in [0.25, 0.3) is 0 Å². The number of rotatable bonds is 13. The fourth-order valence-electron chi connectivity index (χ4n) is 2.02. The molecule has 7 nitrogen and oxygen atoms in total. The van der Waals surface area contributed by atoms with Gasteiger partial charge in [0.05, 0.1) is 5.25 Å². The second kappa shape index (κ2) is 11.8. The highest BCUT2D eigenvalue weighted by atomic mass is 32.2. The number of unbranched alkanes of at least 4 members (excludes halogenated alkanes) is 4. The van der Waals surface area contributed by atoms with Crippen LogP contribution in [0.15, 0.2) is 0 Å². The van der Waals surface area contributed by atoms with Gasteiger partial charge in [-0.15, -0.1) is 0 Å². The van der Waals surface area contributed by atoms with E-state index in [1.54, 1.807) is 7.05 Å². The largest absolute Gasteiger partial charge is 0.356 e. The molecule has 0 heterocycles. The lowest BCUT2D eigenvalue weighted by atomic mass is 10.1. The molecule has 22 heavy (non-hydrogen) atoms. The molecular weight excluding hydrogens is 308 g/mol. The van der Waals surface area contributed by atoms with Crippen LogP contribution >= 0.6 is 0 Å². The predicted octanol–water partition coefficient (Wildman–Crippen LogP) is 1.82. The summed E-state index contributed by atoms with van der Waals surface area (Å²) >= 11 is 0. The molecule has 0 saturated heterocycles. The summed E-state index contributed by atoms with van der Waals surface area (Å²) in [5.74, 6) is 0.0283. The standard InChI is InChI=1S/C14H30N2O5S/c1-13(22(19,20)21)9-6-4-3-5-7-10-14(17)15-11-8-12-16(2)18/h13,18H,3-12H2,1-2H3,(H,15,17)(H,19,20,21). The zero-order valence-electron chi connectivity index (χ0n) is 13.6. The summed E-state index contributed by atoms with van der Waals surface area (Å²) in [5, 5.41) is 12.1. The van der Waals surface area contributed by atoms with Gasteiger partial charge in [-0.3, -0.25) is 9.35 Å². The van der Waals surface area contributed by atoms with Crippen molar-refractivity contribution >= 4 is 16.0 Å². The zero-order valence-corrected chi connectivity index (χ0v) is 14.4. The Kier molecular flexibility index (Phi) is 11.4. The van der Waals surface area contributed by atoms with E-state index in [1.165, 1.54) is 6.92 Å². The Hall–Kier alpha value is -0.700. The molecule has 132 valence electrons.